The zero-order chi connectivity index (χ0) is 13.3. The maximum Gasteiger partial charge on any atom is 0.123 e. The first kappa shape index (κ1) is 13.5. The summed E-state index contributed by atoms with van der Waals surface area (Å²) in [6.45, 7) is 7.61. The third kappa shape index (κ3) is 2.57. The van der Waals surface area contributed by atoms with E-state index in [-0.39, 0.29) is 11.9 Å². The summed E-state index contributed by atoms with van der Waals surface area (Å²) in [5.74, 6) is 0.695. The highest BCUT2D eigenvalue weighted by Crippen LogP contribution is 2.35. The summed E-state index contributed by atoms with van der Waals surface area (Å²) < 4.78 is 18.8. The second kappa shape index (κ2) is 5.37. The van der Waals surface area contributed by atoms with E-state index in [4.69, 9.17) is 10.5 Å². The van der Waals surface area contributed by atoms with Crippen LogP contribution in [-0.2, 0) is 4.74 Å². The van der Waals surface area contributed by atoms with E-state index >= 15 is 0 Å². The van der Waals surface area contributed by atoms with Gasteiger partial charge in [-0.2, -0.15) is 0 Å². The Labute approximate surface area is 108 Å². The fourth-order valence-electron chi connectivity index (χ4n) is 3.09. The highest BCUT2D eigenvalue weighted by molar-refractivity contribution is 5.37. The van der Waals surface area contributed by atoms with Gasteiger partial charge in [-0.3, -0.25) is 0 Å². The van der Waals surface area contributed by atoms with Crippen LogP contribution in [0.1, 0.15) is 36.1 Å². The van der Waals surface area contributed by atoms with Crippen molar-refractivity contribution in [2.24, 2.45) is 17.6 Å². The van der Waals surface area contributed by atoms with Crippen molar-refractivity contribution in [2.75, 3.05) is 13.2 Å². The van der Waals surface area contributed by atoms with Crippen LogP contribution in [0.2, 0.25) is 0 Å². The summed E-state index contributed by atoms with van der Waals surface area (Å²) >= 11 is 0. The molecule has 1 aromatic rings. The Morgan fingerprint density at radius 1 is 1.33 bits per heavy atom. The molecule has 0 spiro atoms. The average molecular weight is 251 g/mol. The molecule has 0 saturated carbocycles. The number of benzene rings is 1. The van der Waals surface area contributed by atoms with Crippen molar-refractivity contribution in [3.05, 3.63) is 34.6 Å². The summed E-state index contributed by atoms with van der Waals surface area (Å²) in [6.07, 6.45) is 0.985. The first-order valence-electron chi connectivity index (χ1n) is 6.60. The Kier molecular flexibility index (Phi) is 4.03. The number of nitrogens with two attached hydrogens (primary N) is 1. The number of rotatable bonds is 2. The molecule has 1 aromatic carbocycles. The smallest absolute Gasteiger partial charge is 0.123 e. The van der Waals surface area contributed by atoms with E-state index in [1.807, 2.05) is 13.8 Å². The molecule has 1 heterocycles. The number of hydrogen-bond acceptors (Lipinski definition) is 2. The summed E-state index contributed by atoms with van der Waals surface area (Å²) in [7, 11) is 0. The van der Waals surface area contributed by atoms with Gasteiger partial charge in [0, 0.05) is 19.3 Å². The van der Waals surface area contributed by atoms with E-state index in [2.05, 4.69) is 6.92 Å². The van der Waals surface area contributed by atoms with Crippen LogP contribution < -0.4 is 5.73 Å². The predicted molar refractivity (Wildman–Crippen MR) is 70.9 cm³/mol. The van der Waals surface area contributed by atoms with Crippen molar-refractivity contribution < 1.29 is 9.13 Å². The minimum absolute atomic E-state index is 0.0236. The number of aryl methyl sites for hydroxylation is 2. The molecule has 3 unspecified atom stereocenters. The lowest BCUT2D eigenvalue weighted by Crippen LogP contribution is -2.34. The van der Waals surface area contributed by atoms with Crippen LogP contribution >= 0.6 is 0 Å². The predicted octanol–water partition coefficient (Wildman–Crippen LogP) is 3.11. The lowest BCUT2D eigenvalue weighted by atomic mass is 9.79. The van der Waals surface area contributed by atoms with Gasteiger partial charge in [0.2, 0.25) is 0 Å². The van der Waals surface area contributed by atoms with Gasteiger partial charge in [-0.1, -0.05) is 6.92 Å². The zero-order valence-corrected chi connectivity index (χ0v) is 11.4. The zero-order valence-electron chi connectivity index (χ0n) is 11.4. The van der Waals surface area contributed by atoms with Crippen LogP contribution in [0.4, 0.5) is 4.39 Å². The quantitative estimate of drug-likeness (QED) is 0.876. The van der Waals surface area contributed by atoms with E-state index in [0.29, 0.717) is 11.8 Å². The van der Waals surface area contributed by atoms with Crippen molar-refractivity contribution in [3.8, 4) is 0 Å². The molecule has 1 fully saturated rings. The van der Waals surface area contributed by atoms with Gasteiger partial charge in [0.25, 0.3) is 0 Å². The Morgan fingerprint density at radius 2 is 1.94 bits per heavy atom. The summed E-state index contributed by atoms with van der Waals surface area (Å²) in [5.41, 5.74) is 9.45. The van der Waals surface area contributed by atoms with Crippen LogP contribution in [0.3, 0.4) is 0 Å². The van der Waals surface area contributed by atoms with Crippen molar-refractivity contribution in [1.82, 2.24) is 0 Å². The molecular weight excluding hydrogens is 229 g/mol. The molecule has 2 N–H and O–H groups in total. The molecule has 0 amide bonds. The number of ether oxygens (including phenoxy) is 1. The van der Waals surface area contributed by atoms with Gasteiger partial charge in [0.05, 0.1) is 0 Å². The topological polar surface area (TPSA) is 35.2 Å². The normalized spacial score (nSPS) is 26.1. The average Bonchev–Trinajstić information content (AvgIpc) is 2.27. The van der Waals surface area contributed by atoms with Gasteiger partial charge >= 0.3 is 0 Å². The Morgan fingerprint density at radius 3 is 2.50 bits per heavy atom. The maximum absolute atomic E-state index is 13.3. The lowest BCUT2D eigenvalue weighted by molar-refractivity contribution is 0.0153. The largest absolute Gasteiger partial charge is 0.381 e. The summed E-state index contributed by atoms with van der Waals surface area (Å²) in [6, 6.07) is 3.13. The highest BCUT2D eigenvalue weighted by atomic mass is 19.1. The molecule has 0 bridgehead atoms. The van der Waals surface area contributed by atoms with Crippen LogP contribution in [0.5, 0.6) is 0 Å². The minimum Gasteiger partial charge on any atom is -0.381 e. The number of hydrogen-bond donors (Lipinski definition) is 1. The molecule has 0 aliphatic carbocycles. The third-order valence-electron chi connectivity index (χ3n) is 4.06. The van der Waals surface area contributed by atoms with Crippen molar-refractivity contribution in [1.29, 1.82) is 0 Å². The Bertz CT molecular complexity index is 409. The van der Waals surface area contributed by atoms with Gasteiger partial charge in [-0.25, -0.2) is 4.39 Å². The fourth-order valence-corrected chi connectivity index (χ4v) is 3.09. The van der Waals surface area contributed by atoms with Crippen molar-refractivity contribution >= 4 is 0 Å². The highest BCUT2D eigenvalue weighted by Gasteiger charge is 2.30. The van der Waals surface area contributed by atoms with E-state index < -0.39 is 0 Å². The molecule has 0 radical (unpaired) electrons. The molecule has 100 valence electrons. The molecule has 1 saturated heterocycles. The van der Waals surface area contributed by atoms with Crippen LogP contribution in [-0.4, -0.2) is 13.2 Å². The molecular formula is C15H22FNO. The van der Waals surface area contributed by atoms with Crippen LogP contribution in [0, 0.1) is 31.5 Å². The molecule has 2 nitrogen and oxygen atoms in total. The van der Waals surface area contributed by atoms with Crippen LogP contribution in [0.25, 0.3) is 0 Å². The van der Waals surface area contributed by atoms with Gasteiger partial charge in [-0.15, -0.1) is 0 Å². The molecule has 2 rings (SSSR count). The standard InChI is InChI=1S/C15H22FNO/c1-9-6-12(16)7-10(2)14(9)15(17)13-4-5-18-8-11(13)3/h6-7,11,13,15H,4-5,8,17H2,1-3H3. The van der Waals surface area contributed by atoms with Gasteiger partial charge < -0.3 is 10.5 Å². The van der Waals surface area contributed by atoms with Crippen LogP contribution in [0.15, 0.2) is 12.1 Å². The van der Waals surface area contributed by atoms with Crippen molar-refractivity contribution in [3.63, 3.8) is 0 Å². The molecule has 3 heteroatoms. The first-order valence-corrected chi connectivity index (χ1v) is 6.60. The SMILES string of the molecule is Cc1cc(F)cc(C)c1C(N)C1CCOCC1C. The third-order valence-corrected chi connectivity index (χ3v) is 4.06. The van der Waals surface area contributed by atoms with E-state index in [1.165, 1.54) is 0 Å². The fraction of sp³-hybridized carbons (Fsp3) is 0.600. The monoisotopic (exact) mass is 251 g/mol. The Balaban J connectivity index is 2.30. The van der Waals surface area contributed by atoms with Gasteiger partial charge in [0.15, 0.2) is 0 Å². The van der Waals surface area contributed by atoms with Gasteiger partial charge in [0.1, 0.15) is 5.82 Å². The minimum atomic E-state index is -0.180. The number of halogens is 1. The summed E-state index contributed by atoms with van der Waals surface area (Å²) in [4.78, 5) is 0. The Hall–Kier alpha value is -0.930. The van der Waals surface area contributed by atoms with Gasteiger partial charge in [-0.05, 0) is 60.9 Å². The van der Waals surface area contributed by atoms with Crippen molar-refractivity contribution in [2.45, 2.75) is 33.2 Å². The molecule has 18 heavy (non-hydrogen) atoms. The molecule has 1 aliphatic heterocycles. The molecule has 3 atom stereocenters. The van der Waals surface area contributed by atoms with E-state index in [9.17, 15) is 4.39 Å². The second-order valence-electron chi connectivity index (χ2n) is 5.48. The first-order chi connectivity index (χ1) is 8.50. The molecule has 0 aromatic heterocycles. The lowest BCUT2D eigenvalue weighted by Gasteiger charge is -2.34. The maximum atomic E-state index is 13.3. The van der Waals surface area contributed by atoms with E-state index in [1.54, 1.807) is 12.1 Å². The summed E-state index contributed by atoms with van der Waals surface area (Å²) in [5, 5.41) is 0. The molecule has 1 aliphatic rings. The second-order valence-corrected chi connectivity index (χ2v) is 5.48. The van der Waals surface area contributed by atoms with E-state index in [0.717, 1.165) is 36.3 Å².